The van der Waals surface area contributed by atoms with E-state index in [0.717, 1.165) is 6.04 Å². The van der Waals surface area contributed by atoms with Crippen LogP contribution in [0.3, 0.4) is 0 Å². The molecule has 1 aliphatic carbocycles. The molecule has 0 aromatic rings. The minimum Gasteiger partial charge on any atom is -0.317 e. The third-order valence-electron chi connectivity index (χ3n) is 1.76. The summed E-state index contributed by atoms with van der Waals surface area (Å²) in [5.74, 6) is 1.81. The van der Waals surface area contributed by atoms with Gasteiger partial charge in [0.1, 0.15) is 0 Å². The quantitative estimate of drug-likeness (QED) is 0.630. The van der Waals surface area contributed by atoms with Crippen LogP contribution in [-0.4, -0.2) is 18.9 Å². The Labute approximate surface area is 66.3 Å². The molecule has 0 atom stereocenters. The van der Waals surface area contributed by atoms with E-state index in [1.807, 2.05) is 5.83 Å². The molecule has 0 spiro atoms. The smallest absolute Gasteiger partial charge is 0.00640 e. The minimum atomic E-state index is 0.847. The van der Waals surface area contributed by atoms with Crippen LogP contribution in [0.25, 0.3) is 0 Å². The molecule has 0 amide bonds. The third-order valence-corrected chi connectivity index (χ3v) is 1.76. The second-order valence-corrected chi connectivity index (χ2v) is 2.27. The van der Waals surface area contributed by atoms with Crippen LogP contribution in [0.2, 0.25) is 0 Å². The van der Waals surface area contributed by atoms with Crippen molar-refractivity contribution in [3.63, 3.8) is 0 Å². The largest absolute Gasteiger partial charge is 0.317 e. The second-order valence-electron chi connectivity index (χ2n) is 2.27. The van der Waals surface area contributed by atoms with Crippen LogP contribution in [0.1, 0.15) is 25.7 Å². The van der Waals surface area contributed by atoms with Gasteiger partial charge in [-0.1, -0.05) is 28.8 Å². The Kier molecular flexibility index (Phi) is 6.88. The van der Waals surface area contributed by atoms with E-state index in [4.69, 9.17) is 0 Å². The lowest BCUT2D eigenvalue weighted by molar-refractivity contribution is 0.582. The zero-order valence-corrected chi connectivity index (χ0v) is 7.87. The molecule has 1 aliphatic rings. The maximum absolute atomic E-state index is 3.26. The number of hydrogen-bond donors (Lipinski definition) is 1. The van der Waals surface area contributed by atoms with Gasteiger partial charge in [-0.15, -0.1) is 0 Å². The van der Waals surface area contributed by atoms with E-state index in [2.05, 4.69) is 28.3 Å². The number of halogens is 1. The van der Waals surface area contributed by atoms with Gasteiger partial charge in [0.15, 0.2) is 0 Å². The van der Waals surface area contributed by atoms with Crippen molar-refractivity contribution in [3.05, 3.63) is 0 Å². The molecule has 1 nitrogen and oxygen atoms in total. The molecule has 0 aliphatic heterocycles. The van der Waals surface area contributed by atoms with Crippen LogP contribution in [-0.2, 0) is 0 Å². The summed E-state index contributed by atoms with van der Waals surface area (Å²) in [4.78, 5) is 0. The Hall–Kier alpha value is 0.440. The first-order chi connectivity index (χ1) is 4.43. The molecule has 0 saturated heterocycles. The van der Waals surface area contributed by atoms with Gasteiger partial charge in [-0.25, -0.2) is 0 Å². The Morgan fingerprint density at radius 1 is 1.22 bits per heavy atom. The summed E-state index contributed by atoms with van der Waals surface area (Å²) < 4.78 is 0. The molecular weight excluding hydrogens is 178 g/mol. The van der Waals surface area contributed by atoms with Crippen molar-refractivity contribution < 1.29 is 0 Å². The highest BCUT2D eigenvalue weighted by atomic mass is 79.9. The van der Waals surface area contributed by atoms with Gasteiger partial charge >= 0.3 is 0 Å². The monoisotopic (exact) mass is 193 g/mol. The molecule has 1 fully saturated rings. The van der Waals surface area contributed by atoms with Crippen molar-refractivity contribution >= 4 is 15.9 Å². The molecule has 1 saturated carbocycles. The van der Waals surface area contributed by atoms with E-state index in [9.17, 15) is 0 Å². The average Bonchev–Trinajstić information content (AvgIpc) is 2.43. The van der Waals surface area contributed by atoms with Gasteiger partial charge in [-0.3, -0.25) is 0 Å². The molecule has 1 N–H and O–H groups in total. The first-order valence-electron chi connectivity index (χ1n) is 3.48. The molecule has 56 valence electrons. The first-order valence-corrected chi connectivity index (χ1v) is 5.07. The summed E-state index contributed by atoms with van der Waals surface area (Å²) in [6.07, 6.45) is 5.67. The number of rotatable bonds is 1. The average molecular weight is 194 g/mol. The molecule has 2 heteroatoms. The van der Waals surface area contributed by atoms with Crippen LogP contribution in [0.5, 0.6) is 0 Å². The van der Waals surface area contributed by atoms with Crippen LogP contribution >= 0.6 is 15.9 Å². The summed E-state index contributed by atoms with van der Waals surface area (Å²) in [5.41, 5.74) is 0. The summed E-state index contributed by atoms with van der Waals surface area (Å²) in [6, 6.07) is 0.847. The predicted octanol–water partition coefficient (Wildman–Crippen LogP) is 2.16. The maximum atomic E-state index is 3.26. The lowest BCUT2D eigenvalue weighted by atomic mass is 10.3. The predicted molar refractivity (Wildman–Crippen MR) is 46.2 cm³/mol. The van der Waals surface area contributed by atoms with Gasteiger partial charge in [0.05, 0.1) is 0 Å². The van der Waals surface area contributed by atoms with Gasteiger partial charge in [-0.05, 0) is 25.7 Å². The molecule has 0 radical (unpaired) electrons. The maximum Gasteiger partial charge on any atom is 0.00640 e. The van der Waals surface area contributed by atoms with Crippen LogP contribution in [0.4, 0.5) is 0 Å². The molecular formula is C7H16BrN. The third kappa shape index (κ3) is 3.93. The lowest BCUT2D eigenvalue weighted by Gasteiger charge is -2.03. The van der Waals surface area contributed by atoms with E-state index in [1.54, 1.807) is 0 Å². The van der Waals surface area contributed by atoms with E-state index in [1.165, 1.54) is 25.7 Å². The minimum absolute atomic E-state index is 0.847. The fourth-order valence-corrected chi connectivity index (χ4v) is 1.21. The van der Waals surface area contributed by atoms with Gasteiger partial charge in [0.2, 0.25) is 0 Å². The number of nitrogens with one attached hydrogen (secondary N) is 1. The molecule has 0 unspecified atom stereocenters. The topological polar surface area (TPSA) is 12.0 Å². The lowest BCUT2D eigenvalue weighted by Crippen LogP contribution is -2.20. The van der Waals surface area contributed by atoms with Crippen LogP contribution in [0.15, 0.2) is 0 Å². The van der Waals surface area contributed by atoms with Crippen LogP contribution < -0.4 is 5.32 Å². The van der Waals surface area contributed by atoms with Gasteiger partial charge in [0.25, 0.3) is 0 Å². The first kappa shape index (κ1) is 9.44. The summed E-state index contributed by atoms with van der Waals surface area (Å²) in [5, 5.41) is 3.26. The standard InChI is InChI=1S/C6H13N.CH3Br/c1-7-6-4-2-3-5-6;1-2/h6-7H,2-5H2,1H3;1H3. The van der Waals surface area contributed by atoms with Gasteiger partial charge in [0, 0.05) is 6.04 Å². The zero-order chi connectivity index (χ0) is 7.11. The van der Waals surface area contributed by atoms with Gasteiger partial charge < -0.3 is 5.32 Å². The highest BCUT2D eigenvalue weighted by Gasteiger charge is 2.10. The van der Waals surface area contributed by atoms with E-state index >= 15 is 0 Å². The zero-order valence-electron chi connectivity index (χ0n) is 6.28. The Morgan fingerprint density at radius 3 is 1.89 bits per heavy atom. The summed E-state index contributed by atoms with van der Waals surface area (Å²) >= 11 is 2.94. The SMILES string of the molecule is CBr.CNC1CCCC1. The molecule has 0 aromatic carbocycles. The fourth-order valence-electron chi connectivity index (χ4n) is 1.21. The van der Waals surface area contributed by atoms with Gasteiger partial charge in [-0.2, -0.15) is 0 Å². The summed E-state index contributed by atoms with van der Waals surface area (Å²) in [6.45, 7) is 0. The molecule has 0 heterocycles. The summed E-state index contributed by atoms with van der Waals surface area (Å²) in [7, 11) is 2.05. The van der Waals surface area contributed by atoms with E-state index < -0.39 is 0 Å². The molecule has 0 bridgehead atoms. The molecule has 9 heavy (non-hydrogen) atoms. The fraction of sp³-hybridized carbons (Fsp3) is 1.00. The highest BCUT2D eigenvalue weighted by Crippen LogP contribution is 2.16. The van der Waals surface area contributed by atoms with Crippen molar-refractivity contribution in [2.24, 2.45) is 0 Å². The van der Waals surface area contributed by atoms with E-state index in [0.29, 0.717) is 0 Å². The number of alkyl halides is 1. The Bertz CT molecular complexity index is 50.9. The Morgan fingerprint density at radius 2 is 1.67 bits per heavy atom. The van der Waals surface area contributed by atoms with Crippen molar-refractivity contribution in [1.29, 1.82) is 0 Å². The van der Waals surface area contributed by atoms with Crippen molar-refractivity contribution in [1.82, 2.24) is 5.32 Å². The second kappa shape index (κ2) is 6.56. The highest BCUT2D eigenvalue weighted by molar-refractivity contribution is 9.08. The molecule has 0 aromatic heterocycles. The normalized spacial score (nSPS) is 19.0. The van der Waals surface area contributed by atoms with Crippen molar-refractivity contribution in [3.8, 4) is 0 Å². The molecule has 1 rings (SSSR count). The van der Waals surface area contributed by atoms with E-state index in [-0.39, 0.29) is 0 Å². The Balaban J connectivity index is 0.000000291. The van der Waals surface area contributed by atoms with Crippen molar-refractivity contribution in [2.45, 2.75) is 31.7 Å². The van der Waals surface area contributed by atoms with Crippen LogP contribution in [0, 0.1) is 0 Å². The number of hydrogen-bond acceptors (Lipinski definition) is 1. The van der Waals surface area contributed by atoms with Crippen molar-refractivity contribution in [2.75, 3.05) is 12.9 Å².